The van der Waals surface area contributed by atoms with Gasteiger partial charge in [-0.25, -0.2) is 0 Å². The molecular formula is C22H23N3O4. The Hall–Kier alpha value is -3.35. The normalized spacial score (nSPS) is 16.3. The fourth-order valence-corrected chi connectivity index (χ4v) is 3.53. The molecule has 1 fully saturated rings. The van der Waals surface area contributed by atoms with Crippen molar-refractivity contribution in [2.24, 2.45) is 0 Å². The van der Waals surface area contributed by atoms with Crippen LogP contribution < -0.4 is 14.4 Å². The largest absolute Gasteiger partial charge is 0.497 e. The molecule has 0 saturated carbocycles. The Morgan fingerprint density at radius 2 is 1.93 bits per heavy atom. The van der Waals surface area contributed by atoms with E-state index in [4.69, 9.17) is 14.0 Å². The van der Waals surface area contributed by atoms with Gasteiger partial charge in [0.05, 0.1) is 25.7 Å². The van der Waals surface area contributed by atoms with Gasteiger partial charge in [0.15, 0.2) is 0 Å². The van der Waals surface area contributed by atoms with Crippen LogP contribution in [0.2, 0.25) is 0 Å². The van der Waals surface area contributed by atoms with Gasteiger partial charge in [0.25, 0.3) is 0 Å². The molecule has 0 aliphatic carbocycles. The van der Waals surface area contributed by atoms with Gasteiger partial charge in [-0.2, -0.15) is 4.98 Å². The number of aryl methyl sites for hydroxylation is 1. The molecule has 0 N–H and O–H groups in total. The van der Waals surface area contributed by atoms with E-state index < -0.39 is 0 Å². The number of nitrogens with zero attached hydrogens (tertiary/aromatic N) is 3. The van der Waals surface area contributed by atoms with Crippen LogP contribution in [0.25, 0.3) is 11.4 Å². The third-order valence-electron chi connectivity index (χ3n) is 5.22. The summed E-state index contributed by atoms with van der Waals surface area (Å²) < 4.78 is 16.2. The average molecular weight is 393 g/mol. The van der Waals surface area contributed by atoms with Crippen molar-refractivity contribution in [1.82, 2.24) is 10.1 Å². The lowest BCUT2D eigenvalue weighted by Crippen LogP contribution is -2.24. The number of amides is 1. The summed E-state index contributed by atoms with van der Waals surface area (Å²) in [4.78, 5) is 18.9. The summed E-state index contributed by atoms with van der Waals surface area (Å²) in [5.41, 5.74) is 2.85. The Balaban J connectivity index is 1.55. The van der Waals surface area contributed by atoms with Gasteiger partial charge in [0, 0.05) is 24.7 Å². The maximum Gasteiger partial charge on any atom is 0.232 e. The molecule has 7 nitrogen and oxygen atoms in total. The zero-order valence-corrected chi connectivity index (χ0v) is 16.7. The van der Waals surface area contributed by atoms with Gasteiger partial charge in [-0.05, 0) is 36.2 Å². The maximum absolute atomic E-state index is 12.6. The average Bonchev–Trinajstić information content (AvgIpc) is 3.40. The number of hydrogen-bond donors (Lipinski definition) is 0. The van der Waals surface area contributed by atoms with Crippen LogP contribution in [0.1, 0.15) is 30.7 Å². The van der Waals surface area contributed by atoms with Gasteiger partial charge in [-0.3, -0.25) is 4.79 Å². The molecule has 1 saturated heterocycles. The molecule has 1 aromatic heterocycles. The van der Waals surface area contributed by atoms with Gasteiger partial charge < -0.3 is 18.9 Å². The van der Waals surface area contributed by atoms with Crippen LogP contribution in [0.5, 0.6) is 11.5 Å². The molecule has 4 rings (SSSR count). The number of carbonyl (C=O) groups excluding carboxylic acids is 1. The van der Waals surface area contributed by atoms with Crippen LogP contribution in [0, 0.1) is 0 Å². The minimum Gasteiger partial charge on any atom is -0.497 e. The summed E-state index contributed by atoms with van der Waals surface area (Å²) in [5.74, 6) is 2.08. The summed E-state index contributed by atoms with van der Waals surface area (Å²) in [5, 5.41) is 4.10. The van der Waals surface area contributed by atoms with Crippen molar-refractivity contribution in [2.45, 2.75) is 25.7 Å². The maximum atomic E-state index is 12.6. The molecule has 0 radical (unpaired) electrons. The second-order valence-electron chi connectivity index (χ2n) is 6.95. The lowest BCUT2D eigenvalue weighted by molar-refractivity contribution is -0.117. The predicted octanol–water partition coefficient (Wildman–Crippen LogP) is 3.84. The zero-order chi connectivity index (χ0) is 20.4. The summed E-state index contributed by atoms with van der Waals surface area (Å²) >= 11 is 0. The quantitative estimate of drug-likeness (QED) is 0.633. The molecule has 2 heterocycles. The first-order valence-electron chi connectivity index (χ1n) is 9.58. The highest BCUT2D eigenvalue weighted by Gasteiger charge is 2.35. The molecule has 3 aromatic rings. The molecule has 29 heavy (non-hydrogen) atoms. The van der Waals surface area contributed by atoms with Gasteiger partial charge in [-0.15, -0.1) is 0 Å². The highest BCUT2D eigenvalue weighted by molar-refractivity contribution is 5.96. The zero-order valence-electron chi connectivity index (χ0n) is 16.7. The smallest absolute Gasteiger partial charge is 0.232 e. The van der Waals surface area contributed by atoms with E-state index in [9.17, 15) is 4.79 Å². The number of benzene rings is 2. The van der Waals surface area contributed by atoms with Crippen LogP contribution in [0.3, 0.4) is 0 Å². The second-order valence-corrected chi connectivity index (χ2v) is 6.95. The number of ether oxygens (including phenoxy) is 2. The van der Waals surface area contributed by atoms with E-state index in [1.54, 1.807) is 25.2 Å². The van der Waals surface area contributed by atoms with Gasteiger partial charge >= 0.3 is 0 Å². The van der Waals surface area contributed by atoms with Crippen molar-refractivity contribution in [1.29, 1.82) is 0 Å². The number of aromatic nitrogens is 2. The predicted molar refractivity (Wildman–Crippen MR) is 108 cm³/mol. The molecule has 1 unspecified atom stereocenters. The van der Waals surface area contributed by atoms with Crippen LogP contribution in [-0.2, 0) is 11.2 Å². The van der Waals surface area contributed by atoms with E-state index in [0.717, 1.165) is 12.1 Å². The van der Waals surface area contributed by atoms with Crippen LogP contribution in [0.4, 0.5) is 5.69 Å². The Morgan fingerprint density at radius 1 is 1.14 bits per heavy atom. The molecular weight excluding hydrogens is 370 g/mol. The molecule has 1 aliphatic rings. The number of methoxy groups -OCH3 is 2. The molecule has 1 aliphatic heterocycles. The Labute approximate surface area is 169 Å². The first kappa shape index (κ1) is 19.0. The Bertz CT molecular complexity index is 1010. The van der Waals surface area contributed by atoms with Gasteiger partial charge in [-0.1, -0.05) is 24.2 Å². The van der Waals surface area contributed by atoms with Crippen molar-refractivity contribution in [3.05, 3.63) is 53.9 Å². The monoisotopic (exact) mass is 393 g/mol. The molecule has 1 atom stereocenters. The molecule has 0 spiro atoms. The highest BCUT2D eigenvalue weighted by atomic mass is 16.5. The molecule has 150 valence electrons. The molecule has 7 heteroatoms. The van der Waals surface area contributed by atoms with E-state index in [-0.39, 0.29) is 11.8 Å². The lowest BCUT2D eigenvalue weighted by atomic mass is 10.1. The second kappa shape index (κ2) is 7.95. The third-order valence-corrected chi connectivity index (χ3v) is 5.22. The number of hydrogen-bond acceptors (Lipinski definition) is 6. The first-order chi connectivity index (χ1) is 14.1. The third kappa shape index (κ3) is 3.68. The SMILES string of the molecule is CCc1ccc(N2CC(c3nc(-c4ccc(OC)cc4OC)no3)CC2=O)cc1. The van der Waals surface area contributed by atoms with Gasteiger partial charge in [0.1, 0.15) is 11.5 Å². The van der Waals surface area contributed by atoms with E-state index in [1.807, 2.05) is 24.3 Å². The first-order valence-corrected chi connectivity index (χ1v) is 9.58. The highest BCUT2D eigenvalue weighted by Crippen LogP contribution is 2.35. The van der Waals surface area contributed by atoms with Crippen LogP contribution >= 0.6 is 0 Å². The molecule has 0 bridgehead atoms. The number of anilines is 1. The molecule has 1 amide bonds. The van der Waals surface area contributed by atoms with Crippen molar-refractivity contribution < 1.29 is 18.8 Å². The summed E-state index contributed by atoms with van der Waals surface area (Å²) in [7, 11) is 3.18. The van der Waals surface area contributed by atoms with Crippen molar-refractivity contribution in [3.63, 3.8) is 0 Å². The number of rotatable bonds is 6. The van der Waals surface area contributed by atoms with E-state index in [1.165, 1.54) is 5.56 Å². The van der Waals surface area contributed by atoms with E-state index >= 15 is 0 Å². The van der Waals surface area contributed by atoms with Crippen molar-refractivity contribution in [2.75, 3.05) is 25.7 Å². The van der Waals surface area contributed by atoms with Crippen molar-refractivity contribution in [3.8, 4) is 22.9 Å². The minimum absolute atomic E-state index is 0.0565. The Kier molecular flexibility index (Phi) is 5.20. The standard InChI is InChI=1S/C22H23N3O4/c1-4-14-5-7-16(8-6-14)25-13-15(11-20(25)26)22-23-21(24-29-22)18-10-9-17(27-2)12-19(18)28-3/h5-10,12,15H,4,11,13H2,1-3H3. The van der Waals surface area contributed by atoms with Crippen LogP contribution in [0.15, 0.2) is 47.0 Å². The fourth-order valence-electron chi connectivity index (χ4n) is 3.53. The lowest BCUT2D eigenvalue weighted by Gasteiger charge is -2.16. The Morgan fingerprint density at radius 3 is 2.62 bits per heavy atom. The van der Waals surface area contributed by atoms with E-state index in [2.05, 4.69) is 29.2 Å². The number of carbonyl (C=O) groups is 1. The summed E-state index contributed by atoms with van der Waals surface area (Å²) in [6.07, 6.45) is 1.31. The van der Waals surface area contributed by atoms with Crippen LogP contribution in [-0.4, -0.2) is 36.8 Å². The summed E-state index contributed by atoms with van der Waals surface area (Å²) in [6.45, 7) is 2.63. The van der Waals surface area contributed by atoms with Crippen molar-refractivity contribution >= 4 is 11.6 Å². The van der Waals surface area contributed by atoms with E-state index in [0.29, 0.717) is 41.7 Å². The summed E-state index contributed by atoms with van der Waals surface area (Å²) in [6, 6.07) is 13.5. The minimum atomic E-state index is -0.140. The topological polar surface area (TPSA) is 77.7 Å². The molecule has 2 aromatic carbocycles. The van der Waals surface area contributed by atoms with Gasteiger partial charge in [0.2, 0.25) is 17.6 Å². The fraction of sp³-hybridized carbons (Fsp3) is 0.318.